The van der Waals surface area contributed by atoms with Gasteiger partial charge in [-0.2, -0.15) is 0 Å². The predicted molar refractivity (Wildman–Crippen MR) is 98.1 cm³/mol. The van der Waals surface area contributed by atoms with E-state index in [1.165, 1.54) is 12.1 Å². The Morgan fingerprint density at radius 1 is 1.00 bits per heavy atom. The van der Waals surface area contributed by atoms with Gasteiger partial charge in [0.2, 0.25) is 0 Å². The smallest absolute Gasteiger partial charge is 0.407 e. The summed E-state index contributed by atoms with van der Waals surface area (Å²) in [6, 6.07) is 13.4. The number of carbonyl (C=O) groups excluding carboxylic acids is 1. The molecule has 0 spiro atoms. The Labute approximate surface area is 156 Å². The maximum absolute atomic E-state index is 11.9. The molecule has 3 heterocycles. The van der Waals surface area contributed by atoms with Crippen molar-refractivity contribution in [2.24, 2.45) is 0 Å². The van der Waals surface area contributed by atoms with Gasteiger partial charge < -0.3 is 10.1 Å². The Balaban J connectivity index is 0.000000253. The fourth-order valence-electron chi connectivity index (χ4n) is 2.28. The Morgan fingerprint density at radius 3 is 2.41 bits per heavy atom. The van der Waals surface area contributed by atoms with Crippen LogP contribution < -0.4 is 5.32 Å². The molecule has 0 saturated carbocycles. The van der Waals surface area contributed by atoms with Gasteiger partial charge in [-0.25, -0.2) is 9.18 Å². The van der Waals surface area contributed by atoms with Crippen molar-refractivity contribution >= 4 is 6.09 Å². The molecule has 1 atom stereocenters. The maximum atomic E-state index is 11.9. The molecule has 1 amide bonds. The lowest BCUT2D eigenvalue weighted by Gasteiger charge is -2.06. The van der Waals surface area contributed by atoms with Gasteiger partial charge in [-0.15, -0.1) is 0 Å². The average Bonchev–Trinajstić information content (AvgIpc) is 3.15. The van der Waals surface area contributed by atoms with E-state index in [9.17, 15) is 9.18 Å². The summed E-state index contributed by atoms with van der Waals surface area (Å²) < 4.78 is 16.8. The second-order valence-electron chi connectivity index (χ2n) is 5.59. The van der Waals surface area contributed by atoms with Gasteiger partial charge in [0.25, 0.3) is 0 Å². The molecule has 1 aliphatic rings. The molecule has 1 aromatic carbocycles. The molecule has 0 bridgehead atoms. The van der Waals surface area contributed by atoms with Crippen LogP contribution in [-0.4, -0.2) is 22.7 Å². The van der Waals surface area contributed by atoms with Gasteiger partial charge in [-0.3, -0.25) is 9.97 Å². The first kappa shape index (κ1) is 18.1. The highest BCUT2D eigenvalue weighted by molar-refractivity contribution is 5.70. The van der Waals surface area contributed by atoms with Gasteiger partial charge in [-0.1, -0.05) is 30.0 Å². The molecule has 27 heavy (non-hydrogen) atoms. The summed E-state index contributed by atoms with van der Waals surface area (Å²) in [5, 5.41) is 2.71. The van der Waals surface area contributed by atoms with Crippen LogP contribution in [-0.2, 0) is 4.74 Å². The molecular formula is C21H16FN3O2. The Morgan fingerprint density at radius 2 is 1.78 bits per heavy atom. The van der Waals surface area contributed by atoms with Gasteiger partial charge >= 0.3 is 6.09 Å². The van der Waals surface area contributed by atoms with Crippen molar-refractivity contribution in [2.75, 3.05) is 6.61 Å². The number of amides is 1. The summed E-state index contributed by atoms with van der Waals surface area (Å²) >= 11 is 0. The second kappa shape index (κ2) is 9.11. The summed E-state index contributed by atoms with van der Waals surface area (Å²) in [6.07, 6.45) is 6.40. The minimum Gasteiger partial charge on any atom is -0.447 e. The summed E-state index contributed by atoms with van der Waals surface area (Å²) in [5.41, 5.74) is 2.51. The van der Waals surface area contributed by atoms with Crippen molar-refractivity contribution in [1.29, 1.82) is 0 Å². The zero-order chi connectivity index (χ0) is 18.9. The molecular weight excluding hydrogens is 345 g/mol. The van der Waals surface area contributed by atoms with Crippen molar-refractivity contribution in [3.8, 4) is 11.8 Å². The van der Waals surface area contributed by atoms with Crippen LogP contribution in [0.25, 0.3) is 0 Å². The molecule has 0 aliphatic carbocycles. The molecule has 5 nitrogen and oxygen atoms in total. The van der Waals surface area contributed by atoms with Crippen LogP contribution in [0.15, 0.2) is 73.3 Å². The first-order chi connectivity index (χ1) is 13.2. The zero-order valence-electron chi connectivity index (χ0n) is 14.3. The number of aromatic nitrogens is 2. The Bertz CT molecular complexity index is 953. The van der Waals surface area contributed by atoms with Gasteiger partial charge in [-0.05, 0) is 35.9 Å². The van der Waals surface area contributed by atoms with E-state index in [1.807, 2.05) is 18.2 Å². The molecule has 1 aliphatic heterocycles. The molecule has 0 radical (unpaired) electrons. The lowest BCUT2D eigenvalue weighted by atomic mass is 10.1. The lowest BCUT2D eigenvalue weighted by Crippen LogP contribution is -2.18. The van der Waals surface area contributed by atoms with Crippen molar-refractivity contribution in [3.05, 3.63) is 95.8 Å². The van der Waals surface area contributed by atoms with E-state index >= 15 is 0 Å². The number of pyridine rings is 2. The van der Waals surface area contributed by atoms with Crippen molar-refractivity contribution in [2.45, 2.75) is 6.04 Å². The highest BCUT2D eigenvalue weighted by Crippen LogP contribution is 2.17. The van der Waals surface area contributed by atoms with Gasteiger partial charge in [0.05, 0.1) is 6.04 Å². The van der Waals surface area contributed by atoms with Crippen molar-refractivity contribution in [3.63, 3.8) is 0 Å². The van der Waals surface area contributed by atoms with Gasteiger partial charge in [0.1, 0.15) is 12.4 Å². The van der Waals surface area contributed by atoms with Crippen LogP contribution in [0, 0.1) is 17.7 Å². The van der Waals surface area contributed by atoms with Crippen LogP contribution in [0.1, 0.15) is 22.7 Å². The zero-order valence-corrected chi connectivity index (χ0v) is 14.3. The van der Waals surface area contributed by atoms with E-state index < -0.39 is 6.09 Å². The number of cyclic esters (lactones) is 1. The fraction of sp³-hybridized carbons (Fsp3) is 0.0952. The van der Waals surface area contributed by atoms with Crippen LogP contribution in [0.3, 0.4) is 0 Å². The highest BCUT2D eigenvalue weighted by atomic mass is 19.1. The number of rotatable bonds is 1. The fourth-order valence-corrected chi connectivity index (χ4v) is 2.28. The Hall–Kier alpha value is -3.72. The van der Waals surface area contributed by atoms with E-state index in [0.29, 0.717) is 6.61 Å². The number of halogens is 1. The number of alkyl carbamates (subject to hydrolysis) is 1. The van der Waals surface area contributed by atoms with Crippen molar-refractivity contribution in [1.82, 2.24) is 15.3 Å². The summed E-state index contributed by atoms with van der Waals surface area (Å²) in [6.45, 7) is 0.319. The molecule has 4 rings (SSSR count). The van der Waals surface area contributed by atoms with Crippen LogP contribution in [0.5, 0.6) is 0 Å². The van der Waals surface area contributed by atoms with Gasteiger partial charge in [0.15, 0.2) is 0 Å². The standard InChI is InChI=1S/C15H11N3O2.C6H5F/c19-15-18-14(10-20-15)13-6-12(8-17-9-13)4-3-11-2-1-5-16-7-11;7-6-4-2-1-3-5-6/h1-2,5-9,14H,10H2,(H,18,19);1-5H/t14-;/m0./s1. The molecule has 1 fully saturated rings. The lowest BCUT2D eigenvalue weighted by molar-refractivity contribution is 0.177. The third kappa shape index (κ3) is 5.65. The minimum atomic E-state index is -0.401. The molecule has 3 aromatic rings. The number of hydrogen-bond acceptors (Lipinski definition) is 4. The van der Waals surface area contributed by atoms with E-state index in [2.05, 4.69) is 27.1 Å². The average molecular weight is 361 g/mol. The Kier molecular flexibility index (Phi) is 6.10. The van der Waals surface area contributed by atoms with Crippen molar-refractivity contribution < 1.29 is 13.9 Å². The molecule has 134 valence electrons. The van der Waals surface area contributed by atoms with E-state index in [4.69, 9.17) is 4.74 Å². The SMILES string of the molecule is Fc1ccccc1.O=C1N[C@H](c2cncc(C#Cc3cccnc3)c2)CO1. The minimum absolute atomic E-state index is 0.157. The van der Waals surface area contributed by atoms with Crippen LogP contribution in [0.4, 0.5) is 9.18 Å². The third-order valence-corrected chi connectivity index (χ3v) is 3.58. The number of carbonyl (C=O) groups is 1. The van der Waals surface area contributed by atoms with E-state index in [-0.39, 0.29) is 11.9 Å². The van der Waals surface area contributed by atoms with Crippen LogP contribution >= 0.6 is 0 Å². The highest BCUT2D eigenvalue weighted by Gasteiger charge is 2.23. The molecule has 6 heteroatoms. The molecule has 0 unspecified atom stereocenters. The monoisotopic (exact) mass is 361 g/mol. The summed E-state index contributed by atoms with van der Waals surface area (Å²) in [4.78, 5) is 19.2. The number of nitrogens with zero attached hydrogens (tertiary/aromatic N) is 2. The first-order valence-corrected chi connectivity index (χ1v) is 8.21. The summed E-state index contributed by atoms with van der Waals surface area (Å²) in [7, 11) is 0. The summed E-state index contributed by atoms with van der Waals surface area (Å²) in [5.74, 6) is 5.87. The topological polar surface area (TPSA) is 64.1 Å². The molecule has 2 aromatic heterocycles. The maximum Gasteiger partial charge on any atom is 0.407 e. The quantitative estimate of drug-likeness (QED) is 0.674. The molecule has 1 N–H and O–H groups in total. The third-order valence-electron chi connectivity index (χ3n) is 3.58. The number of benzene rings is 1. The van der Waals surface area contributed by atoms with Crippen LogP contribution in [0.2, 0.25) is 0 Å². The van der Waals surface area contributed by atoms with Gasteiger partial charge in [0, 0.05) is 35.9 Å². The number of nitrogens with one attached hydrogen (secondary N) is 1. The van der Waals surface area contributed by atoms with E-state index in [1.54, 1.807) is 43.0 Å². The van der Waals surface area contributed by atoms with E-state index in [0.717, 1.165) is 16.7 Å². The molecule has 1 saturated heterocycles. The predicted octanol–water partition coefficient (Wildman–Crippen LogP) is 3.48. The largest absolute Gasteiger partial charge is 0.447 e. The number of ether oxygens (including phenoxy) is 1. The second-order valence-corrected chi connectivity index (χ2v) is 5.59. The number of hydrogen-bond donors (Lipinski definition) is 1. The first-order valence-electron chi connectivity index (χ1n) is 8.21. The normalized spacial score (nSPS) is 14.7.